The molecule has 17 heavy (non-hydrogen) atoms. The lowest BCUT2D eigenvalue weighted by atomic mass is 10.2. The Hall–Kier alpha value is -1.72. The summed E-state index contributed by atoms with van der Waals surface area (Å²) < 4.78 is 0. The SMILES string of the molecule is NCc1cc(C(=O)NCc2ccsc2)ccn1. The van der Waals surface area contributed by atoms with E-state index in [1.54, 1.807) is 29.7 Å². The van der Waals surface area contributed by atoms with Gasteiger partial charge in [0.25, 0.3) is 5.91 Å². The molecule has 1 amide bonds. The summed E-state index contributed by atoms with van der Waals surface area (Å²) in [5.41, 5.74) is 7.89. The zero-order chi connectivity index (χ0) is 12.1. The van der Waals surface area contributed by atoms with Crippen molar-refractivity contribution < 1.29 is 4.79 Å². The van der Waals surface area contributed by atoms with E-state index in [0.717, 1.165) is 5.56 Å². The first-order chi connectivity index (χ1) is 8.29. The number of nitrogens with one attached hydrogen (secondary N) is 1. The van der Waals surface area contributed by atoms with Crippen LogP contribution < -0.4 is 11.1 Å². The number of thiophene rings is 1. The van der Waals surface area contributed by atoms with Gasteiger partial charge in [0, 0.05) is 24.8 Å². The highest BCUT2D eigenvalue weighted by Crippen LogP contribution is 2.06. The Kier molecular flexibility index (Phi) is 3.85. The number of nitrogens with two attached hydrogens (primary N) is 1. The van der Waals surface area contributed by atoms with Gasteiger partial charge in [-0.15, -0.1) is 0 Å². The van der Waals surface area contributed by atoms with Crippen LogP contribution in [0.15, 0.2) is 35.2 Å². The molecule has 4 nitrogen and oxygen atoms in total. The van der Waals surface area contributed by atoms with Gasteiger partial charge in [0.05, 0.1) is 5.69 Å². The molecule has 2 aromatic rings. The van der Waals surface area contributed by atoms with E-state index in [-0.39, 0.29) is 5.91 Å². The van der Waals surface area contributed by atoms with Crippen molar-refractivity contribution >= 4 is 17.2 Å². The molecular weight excluding hydrogens is 234 g/mol. The smallest absolute Gasteiger partial charge is 0.251 e. The maximum atomic E-state index is 11.8. The van der Waals surface area contributed by atoms with Crippen LogP contribution in [0.1, 0.15) is 21.6 Å². The Labute approximate surface area is 103 Å². The second-order valence-corrected chi connectivity index (χ2v) is 4.33. The quantitative estimate of drug-likeness (QED) is 0.861. The fraction of sp³-hybridized carbons (Fsp3) is 0.167. The molecule has 2 aromatic heterocycles. The van der Waals surface area contributed by atoms with Gasteiger partial charge in [0.15, 0.2) is 0 Å². The molecule has 0 unspecified atom stereocenters. The first-order valence-corrected chi connectivity index (χ1v) is 6.18. The van der Waals surface area contributed by atoms with Crippen molar-refractivity contribution in [2.24, 2.45) is 5.73 Å². The predicted octanol–water partition coefficient (Wildman–Crippen LogP) is 1.53. The molecule has 88 valence electrons. The van der Waals surface area contributed by atoms with E-state index in [4.69, 9.17) is 5.73 Å². The minimum Gasteiger partial charge on any atom is -0.348 e. The van der Waals surface area contributed by atoms with E-state index in [9.17, 15) is 4.79 Å². The van der Waals surface area contributed by atoms with Gasteiger partial charge >= 0.3 is 0 Å². The van der Waals surface area contributed by atoms with Crippen molar-refractivity contribution in [3.63, 3.8) is 0 Å². The van der Waals surface area contributed by atoms with Crippen LogP contribution in [0.4, 0.5) is 0 Å². The van der Waals surface area contributed by atoms with E-state index < -0.39 is 0 Å². The van der Waals surface area contributed by atoms with Crippen LogP contribution in [0.2, 0.25) is 0 Å². The first-order valence-electron chi connectivity index (χ1n) is 5.24. The minimum atomic E-state index is -0.103. The monoisotopic (exact) mass is 247 g/mol. The third kappa shape index (κ3) is 3.12. The number of carbonyl (C=O) groups is 1. The standard InChI is InChI=1S/C12H13N3OS/c13-6-11-5-10(1-3-14-11)12(16)15-7-9-2-4-17-8-9/h1-5,8H,6-7,13H2,(H,15,16). The number of hydrogen-bond acceptors (Lipinski definition) is 4. The van der Waals surface area contributed by atoms with Crippen LogP contribution in [-0.4, -0.2) is 10.9 Å². The lowest BCUT2D eigenvalue weighted by Gasteiger charge is -2.04. The molecule has 0 aromatic carbocycles. The summed E-state index contributed by atoms with van der Waals surface area (Å²) in [4.78, 5) is 15.9. The molecular formula is C12H13N3OS. The van der Waals surface area contributed by atoms with Crippen molar-refractivity contribution in [3.8, 4) is 0 Å². The maximum Gasteiger partial charge on any atom is 0.251 e. The average molecular weight is 247 g/mol. The molecule has 0 saturated heterocycles. The van der Waals surface area contributed by atoms with Crippen LogP contribution in [0.3, 0.4) is 0 Å². The van der Waals surface area contributed by atoms with Gasteiger partial charge in [-0.25, -0.2) is 0 Å². The Bertz CT molecular complexity index is 496. The molecule has 0 aliphatic rings. The van der Waals surface area contributed by atoms with Gasteiger partial charge in [-0.1, -0.05) is 0 Å². The summed E-state index contributed by atoms with van der Waals surface area (Å²) in [6.45, 7) is 0.883. The van der Waals surface area contributed by atoms with Crippen LogP contribution in [-0.2, 0) is 13.1 Å². The van der Waals surface area contributed by atoms with Crippen molar-refractivity contribution in [2.45, 2.75) is 13.1 Å². The van der Waals surface area contributed by atoms with Crippen LogP contribution in [0, 0.1) is 0 Å². The van der Waals surface area contributed by atoms with Gasteiger partial charge < -0.3 is 11.1 Å². The van der Waals surface area contributed by atoms with E-state index in [2.05, 4.69) is 10.3 Å². The minimum absolute atomic E-state index is 0.103. The number of carbonyl (C=O) groups excluding carboxylic acids is 1. The van der Waals surface area contributed by atoms with Gasteiger partial charge in [-0.2, -0.15) is 11.3 Å². The number of hydrogen-bond donors (Lipinski definition) is 2. The van der Waals surface area contributed by atoms with E-state index in [0.29, 0.717) is 24.3 Å². The summed E-state index contributed by atoms with van der Waals surface area (Å²) in [7, 11) is 0. The molecule has 0 bridgehead atoms. The zero-order valence-electron chi connectivity index (χ0n) is 9.22. The zero-order valence-corrected chi connectivity index (χ0v) is 10.0. The van der Waals surface area contributed by atoms with Crippen molar-refractivity contribution in [3.05, 3.63) is 52.0 Å². The average Bonchev–Trinajstić information content (AvgIpc) is 2.89. The number of rotatable bonds is 4. The molecule has 2 rings (SSSR count). The topological polar surface area (TPSA) is 68.0 Å². The number of nitrogens with zero attached hydrogens (tertiary/aromatic N) is 1. The second kappa shape index (κ2) is 5.56. The van der Waals surface area contributed by atoms with Gasteiger partial charge in [0.2, 0.25) is 0 Å². The molecule has 2 heterocycles. The Morgan fingerprint density at radius 2 is 2.35 bits per heavy atom. The van der Waals surface area contributed by atoms with Crippen LogP contribution >= 0.6 is 11.3 Å². The van der Waals surface area contributed by atoms with Gasteiger partial charge in [-0.3, -0.25) is 9.78 Å². The van der Waals surface area contributed by atoms with Crippen LogP contribution in [0.5, 0.6) is 0 Å². The first kappa shape index (κ1) is 11.8. The Morgan fingerprint density at radius 3 is 3.06 bits per heavy atom. The summed E-state index contributed by atoms with van der Waals surface area (Å²) in [6.07, 6.45) is 1.60. The molecule has 0 spiro atoms. The summed E-state index contributed by atoms with van der Waals surface area (Å²) in [6, 6.07) is 5.38. The normalized spacial score (nSPS) is 10.2. The third-order valence-electron chi connectivity index (χ3n) is 2.32. The number of pyridine rings is 1. The number of amides is 1. The second-order valence-electron chi connectivity index (χ2n) is 3.55. The van der Waals surface area contributed by atoms with Gasteiger partial charge in [0.1, 0.15) is 0 Å². The Balaban J connectivity index is 1.99. The lowest BCUT2D eigenvalue weighted by Crippen LogP contribution is -2.22. The van der Waals surface area contributed by atoms with Crippen molar-refractivity contribution in [2.75, 3.05) is 0 Å². The summed E-state index contributed by atoms with van der Waals surface area (Å²) in [5, 5.41) is 6.85. The lowest BCUT2D eigenvalue weighted by molar-refractivity contribution is 0.0950. The fourth-order valence-corrected chi connectivity index (χ4v) is 2.08. The highest BCUT2D eigenvalue weighted by Gasteiger charge is 2.06. The summed E-state index contributed by atoms with van der Waals surface area (Å²) >= 11 is 1.62. The largest absolute Gasteiger partial charge is 0.348 e. The van der Waals surface area contributed by atoms with Crippen LogP contribution in [0.25, 0.3) is 0 Å². The van der Waals surface area contributed by atoms with Crippen molar-refractivity contribution in [1.29, 1.82) is 0 Å². The molecule has 0 radical (unpaired) electrons. The van der Waals surface area contributed by atoms with E-state index in [1.807, 2.05) is 16.8 Å². The van der Waals surface area contributed by atoms with Crippen molar-refractivity contribution in [1.82, 2.24) is 10.3 Å². The molecule has 0 atom stereocenters. The fourth-order valence-electron chi connectivity index (χ4n) is 1.41. The highest BCUT2D eigenvalue weighted by atomic mass is 32.1. The Morgan fingerprint density at radius 1 is 1.47 bits per heavy atom. The molecule has 0 aliphatic carbocycles. The molecule has 0 aliphatic heterocycles. The summed E-state index contributed by atoms with van der Waals surface area (Å²) in [5.74, 6) is -0.103. The highest BCUT2D eigenvalue weighted by molar-refractivity contribution is 7.07. The van der Waals surface area contributed by atoms with E-state index >= 15 is 0 Å². The molecule has 5 heteroatoms. The molecule has 0 saturated carbocycles. The van der Waals surface area contributed by atoms with E-state index in [1.165, 1.54) is 0 Å². The molecule has 0 fully saturated rings. The van der Waals surface area contributed by atoms with Gasteiger partial charge in [-0.05, 0) is 34.5 Å². The maximum absolute atomic E-state index is 11.8. The third-order valence-corrected chi connectivity index (χ3v) is 3.05. The molecule has 3 N–H and O–H groups in total. The number of aromatic nitrogens is 1. The predicted molar refractivity (Wildman–Crippen MR) is 67.6 cm³/mol.